The van der Waals surface area contributed by atoms with Crippen LogP contribution in [0.15, 0.2) is 21.0 Å². The highest BCUT2D eigenvalue weighted by Crippen LogP contribution is 2.60. The Labute approximate surface area is 137 Å². The number of nitrogens with one attached hydrogen (secondary N) is 1. The molecule has 4 fully saturated rings. The lowest BCUT2D eigenvalue weighted by molar-refractivity contribution is -0.146. The zero-order valence-electron chi connectivity index (χ0n) is 11.8. The number of rotatable bonds is 3. The maximum Gasteiger partial charge on any atom is 0.246 e. The van der Waals surface area contributed by atoms with Crippen molar-refractivity contribution in [2.24, 2.45) is 28.3 Å². The normalized spacial score (nSPS) is 37.3. The lowest BCUT2D eigenvalue weighted by Crippen LogP contribution is -2.52. The van der Waals surface area contributed by atoms with Crippen molar-refractivity contribution in [3.63, 3.8) is 0 Å². The Balaban J connectivity index is 1.44. The molecular formula is C16H19BrN2OS. The molecule has 4 bridgehead atoms. The Morgan fingerprint density at radius 1 is 1.24 bits per heavy atom. The van der Waals surface area contributed by atoms with Crippen LogP contribution in [0, 0.1) is 23.2 Å². The summed E-state index contributed by atoms with van der Waals surface area (Å²) in [7, 11) is 0. The highest BCUT2D eigenvalue weighted by atomic mass is 79.9. The Morgan fingerprint density at radius 3 is 2.38 bits per heavy atom. The lowest BCUT2D eigenvalue weighted by Gasteiger charge is -2.55. The molecule has 5 rings (SSSR count). The number of halogens is 1. The number of nitrogens with zero attached hydrogens (tertiary/aromatic N) is 1. The van der Waals surface area contributed by atoms with Gasteiger partial charge in [0, 0.05) is 4.88 Å². The van der Waals surface area contributed by atoms with E-state index in [1.54, 1.807) is 17.6 Å². The van der Waals surface area contributed by atoms with Crippen LogP contribution in [0.2, 0.25) is 0 Å². The van der Waals surface area contributed by atoms with E-state index in [4.69, 9.17) is 0 Å². The zero-order chi connectivity index (χ0) is 14.4. The summed E-state index contributed by atoms with van der Waals surface area (Å²) in [4.78, 5) is 13.7. The summed E-state index contributed by atoms with van der Waals surface area (Å²) in [5.74, 6) is 2.53. The van der Waals surface area contributed by atoms with Gasteiger partial charge < -0.3 is 0 Å². The van der Waals surface area contributed by atoms with Gasteiger partial charge in [-0.15, -0.1) is 11.3 Å². The number of amides is 1. The molecule has 4 aliphatic carbocycles. The van der Waals surface area contributed by atoms with Crippen LogP contribution in [0.1, 0.15) is 43.4 Å². The largest absolute Gasteiger partial charge is 0.273 e. The molecule has 1 heterocycles. The maximum atomic E-state index is 12.7. The minimum Gasteiger partial charge on any atom is -0.273 e. The van der Waals surface area contributed by atoms with Gasteiger partial charge in [-0.25, -0.2) is 5.43 Å². The smallest absolute Gasteiger partial charge is 0.246 e. The zero-order valence-corrected chi connectivity index (χ0v) is 14.3. The van der Waals surface area contributed by atoms with Crippen LogP contribution < -0.4 is 5.43 Å². The van der Waals surface area contributed by atoms with E-state index < -0.39 is 0 Å². The first-order chi connectivity index (χ1) is 10.1. The molecular weight excluding hydrogens is 348 g/mol. The molecule has 0 saturated heterocycles. The average Bonchev–Trinajstić information content (AvgIpc) is 2.83. The first-order valence-electron chi connectivity index (χ1n) is 7.72. The van der Waals surface area contributed by atoms with E-state index in [1.807, 2.05) is 12.1 Å². The molecule has 0 radical (unpaired) electrons. The quantitative estimate of drug-likeness (QED) is 0.632. The Bertz CT molecular complexity index is 560. The predicted octanol–water partition coefficient (Wildman–Crippen LogP) is 4.18. The highest BCUT2D eigenvalue weighted by Gasteiger charge is 2.54. The molecule has 1 aromatic rings. The molecule has 4 saturated carbocycles. The van der Waals surface area contributed by atoms with E-state index in [0.717, 1.165) is 45.7 Å². The van der Waals surface area contributed by atoms with Gasteiger partial charge >= 0.3 is 0 Å². The van der Waals surface area contributed by atoms with Gasteiger partial charge in [0.05, 0.1) is 15.4 Å². The van der Waals surface area contributed by atoms with E-state index in [9.17, 15) is 4.79 Å². The van der Waals surface area contributed by atoms with Crippen molar-refractivity contribution in [2.45, 2.75) is 38.5 Å². The number of hydrogen-bond acceptors (Lipinski definition) is 3. The topological polar surface area (TPSA) is 41.5 Å². The van der Waals surface area contributed by atoms with Crippen LogP contribution in [0.3, 0.4) is 0 Å². The van der Waals surface area contributed by atoms with E-state index >= 15 is 0 Å². The molecule has 5 heteroatoms. The van der Waals surface area contributed by atoms with Gasteiger partial charge in [0.2, 0.25) is 5.91 Å². The number of hydrazone groups is 1. The third kappa shape index (κ3) is 2.59. The molecule has 1 amide bonds. The number of carbonyl (C=O) groups is 1. The summed E-state index contributed by atoms with van der Waals surface area (Å²) in [6, 6.07) is 3.99. The fourth-order valence-corrected chi connectivity index (χ4v) is 6.36. The summed E-state index contributed by atoms with van der Waals surface area (Å²) in [5.41, 5.74) is 2.71. The van der Waals surface area contributed by atoms with Crippen LogP contribution in [-0.2, 0) is 4.79 Å². The highest BCUT2D eigenvalue weighted by molar-refractivity contribution is 9.11. The van der Waals surface area contributed by atoms with Crippen molar-refractivity contribution < 1.29 is 4.79 Å². The molecule has 0 aromatic carbocycles. The van der Waals surface area contributed by atoms with Gasteiger partial charge in [-0.05, 0) is 84.3 Å². The second-order valence-corrected chi connectivity index (χ2v) is 9.53. The third-order valence-corrected chi connectivity index (χ3v) is 7.03. The SMILES string of the molecule is O=C(NN=Cc1ccc(Br)s1)C12CC3CC(CC(C3)C1)C2. The minimum absolute atomic E-state index is 0.109. The fourth-order valence-electron chi connectivity index (χ4n) is 5.06. The molecule has 0 unspecified atom stereocenters. The van der Waals surface area contributed by atoms with E-state index in [-0.39, 0.29) is 11.3 Å². The third-order valence-electron chi connectivity index (χ3n) is 5.47. The lowest BCUT2D eigenvalue weighted by atomic mass is 9.49. The van der Waals surface area contributed by atoms with Gasteiger partial charge in [0.1, 0.15) is 0 Å². The fraction of sp³-hybridized carbons (Fsp3) is 0.625. The molecule has 21 heavy (non-hydrogen) atoms. The number of carbonyl (C=O) groups excluding carboxylic acids is 1. The summed E-state index contributed by atoms with van der Waals surface area (Å²) in [6.07, 6.45) is 9.09. The summed E-state index contributed by atoms with van der Waals surface area (Å²) in [6.45, 7) is 0. The van der Waals surface area contributed by atoms with Gasteiger partial charge in [-0.1, -0.05) is 0 Å². The Hall–Kier alpha value is -0.680. The molecule has 0 aliphatic heterocycles. The van der Waals surface area contributed by atoms with Crippen LogP contribution >= 0.6 is 27.3 Å². The second-order valence-electron chi connectivity index (χ2n) is 7.04. The Kier molecular flexibility index (Phi) is 3.45. The van der Waals surface area contributed by atoms with E-state index in [0.29, 0.717) is 0 Å². The minimum atomic E-state index is -0.109. The molecule has 3 nitrogen and oxygen atoms in total. The maximum absolute atomic E-state index is 12.7. The van der Waals surface area contributed by atoms with Crippen LogP contribution in [0.5, 0.6) is 0 Å². The first-order valence-corrected chi connectivity index (χ1v) is 9.33. The first kappa shape index (κ1) is 13.9. The molecule has 4 aliphatic rings. The van der Waals surface area contributed by atoms with Gasteiger partial charge in [0.25, 0.3) is 0 Å². The van der Waals surface area contributed by atoms with Crippen molar-refractivity contribution in [1.29, 1.82) is 0 Å². The van der Waals surface area contributed by atoms with Crippen molar-refractivity contribution in [3.8, 4) is 0 Å². The molecule has 0 spiro atoms. The summed E-state index contributed by atoms with van der Waals surface area (Å²) in [5, 5.41) is 4.18. The molecule has 112 valence electrons. The van der Waals surface area contributed by atoms with Crippen molar-refractivity contribution in [1.82, 2.24) is 5.43 Å². The summed E-state index contributed by atoms with van der Waals surface area (Å²) < 4.78 is 1.08. The average molecular weight is 367 g/mol. The molecule has 0 atom stereocenters. The van der Waals surface area contributed by atoms with Gasteiger partial charge in [-0.2, -0.15) is 5.10 Å². The van der Waals surface area contributed by atoms with Gasteiger partial charge in [-0.3, -0.25) is 4.79 Å². The monoisotopic (exact) mass is 366 g/mol. The predicted molar refractivity (Wildman–Crippen MR) is 88.4 cm³/mol. The Morgan fingerprint density at radius 2 is 1.86 bits per heavy atom. The van der Waals surface area contributed by atoms with Crippen molar-refractivity contribution in [2.75, 3.05) is 0 Å². The van der Waals surface area contributed by atoms with Crippen LogP contribution in [-0.4, -0.2) is 12.1 Å². The van der Waals surface area contributed by atoms with Crippen LogP contribution in [0.4, 0.5) is 0 Å². The molecule has 1 aromatic heterocycles. The van der Waals surface area contributed by atoms with Crippen molar-refractivity contribution in [3.05, 3.63) is 20.8 Å². The molecule has 1 N–H and O–H groups in total. The number of hydrogen-bond donors (Lipinski definition) is 1. The summed E-state index contributed by atoms with van der Waals surface area (Å²) >= 11 is 5.05. The van der Waals surface area contributed by atoms with Crippen molar-refractivity contribution >= 4 is 39.4 Å². The number of thiophene rings is 1. The van der Waals surface area contributed by atoms with Crippen LogP contribution in [0.25, 0.3) is 0 Å². The second kappa shape index (κ2) is 5.20. The van der Waals surface area contributed by atoms with E-state index in [2.05, 4.69) is 26.5 Å². The van der Waals surface area contributed by atoms with E-state index in [1.165, 1.54) is 19.3 Å². The standard InChI is InChI=1S/C16H19BrN2OS/c17-14-2-1-13(21-14)9-18-19-15(20)16-6-10-3-11(7-16)5-12(4-10)8-16/h1-2,9-12H,3-8H2,(H,19,20). The van der Waals surface area contributed by atoms with Gasteiger partial charge in [0.15, 0.2) is 0 Å².